The average molecular weight is 297 g/mol. The minimum Gasteiger partial charge on any atom is -0.374 e. The number of nitrogens with one attached hydrogen (secondary N) is 1. The maximum atomic E-state index is 13.7. The monoisotopic (exact) mass is 297 g/mol. The van der Waals surface area contributed by atoms with E-state index in [1.807, 2.05) is 32.0 Å². The van der Waals surface area contributed by atoms with E-state index in [-0.39, 0.29) is 6.07 Å². The van der Waals surface area contributed by atoms with Gasteiger partial charge in [-0.15, -0.1) is 0 Å². The zero-order valence-corrected chi connectivity index (χ0v) is 11.9. The second-order valence-electron chi connectivity index (χ2n) is 5.07. The molecule has 2 rings (SSSR count). The number of anilines is 1. The van der Waals surface area contributed by atoms with Crippen LogP contribution in [0, 0.1) is 37.1 Å². The molecule has 0 heterocycles. The van der Waals surface area contributed by atoms with E-state index in [4.69, 9.17) is 0 Å². The Kier molecular flexibility index (Phi) is 4.21. The van der Waals surface area contributed by atoms with Crippen LogP contribution in [0.5, 0.6) is 0 Å². The molecule has 0 fully saturated rings. The number of benzene rings is 2. The highest BCUT2D eigenvalue weighted by atomic mass is 19.2. The summed E-state index contributed by atoms with van der Waals surface area (Å²) in [5.41, 5.74) is 1.91. The molecule has 1 nitrogen and oxygen atoms in total. The van der Waals surface area contributed by atoms with Crippen LogP contribution in [0.4, 0.5) is 23.2 Å². The molecule has 0 aromatic heterocycles. The van der Waals surface area contributed by atoms with Crippen molar-refractivity contribution >= 4 is 5.69 Å². The minimum absolute atomic E-state index is 0.193. The summed E-state index contributed by atoms with van der Waals surface area (Å²) in [4.78, 5) is 0. The predicted molar refractivity (Wildman–Crippen MR) is 74.2 cm³/mol. The molecule has 0 amide bonds. The molecule has 0 aliphatic heterocycles. The maximum Gasteiger partial charge on any atom is 0.185 e. The SMILES string of the molecule is Cc1ccc(C)c(C(C)Nc2c(F)c(F)cc(F)c2F)c1. The number of aryl methyl sites for hydroxylation is 2. The van der Waals surface area contributed by atoms with E-state index in [1.165, 1.54) is 0 Å². The van der Waals surface area contributed by atoms with Gasteiger partial charge in [0.1, 0.15) is 5.69 Å². The first-order chi connectivity index (χ1) is 9.81. The summed E-state index contributed by atoms with van der Waals surface area (Å²) in [6.45, 7) is 5.41. The van der Waals surface area contributed by atoms with Gasteiger partial charge in [-0.3, -0.25) is 0 Å². The van der Waals surface area contributed by atoms with Crippen molar-refractivity contribution in [3.05, 3.63) is 64.2 Å². The highest BCUT2D eigenvalue weighted by molar-refractivity contribution is 5.50. The Morgan fingerprint density at radius 2 is 1.48 bits per heavy atom. The molecular weight excluding hydrogens is 282 g/mol. The fourth-order valence-electron chi connectivity index (χ4n) is 2.22. The summed E-state index contributed by atoms with van der Waals surface area (Å²) in [6.07, 6.45) is 0. The molecule has 0 saturated carbocycles. The predicted octanol–water partition coefficient (Wildman–Crippen LogP) is 5.03. The van der Waals surface area contributed by atoms with Crippen molar-refractivity contribution in [3.63, 3.8) is 0 Å². The lowest BCUT2D eigenvalue weighted by Gasteiger charge is -2.19. The highest BCUT2D eigenvalue weighted by Gasteiger charge is 2.21. The minimum atomic E-state index is -1.43. The van der Waals surface area contributed by atoms with Crippen LogP contribution in [0.2, 0.25) is 0 Å². The van der Waals surface area contributed by atoms with Crippen LogP contribution in [0.25, 0.3) is 0 Å². The quantitative estimate of drug-likeness (QED) is 0.618. The van der Waals surface area contributed by atoms with E-state index in [9.17, 15) is 17.6 Å². The molecule has 1 atom stereocenters. The molecule has 21 heavy (non-hydrogen) atoms. The zero-order chi connectivity index (χ0) is 15.7. The van der Waals surface area contributed by atoms with Gasteiger partial charge < -0.3 is 5.32 Å². The first-order valence-corrected chi connectivity index (χ1v) is 6.48. The number of hydrogen-bond acceptors (Lipinski definition) is 1. The van der Waals surface area contributed by atoms with Crippen LogP contribution in [0.3, 0.4) is 0 Å². The highest BCUT2D eigenvalue weighted by Crippen LogP contribution is 2.29. The van der Waals surface area contributed by atoms with Crippen LogP contribution in [0.15, 0.2) is 24.3 Å². The van der Waals surface area contributed by atoms with Crippen molar-refractivity contribution in [2.45, 2.75) is 26.8 Å². The van der Waals surface area contributed by atoms with Crippen molar-refractivity contribution in [2.75, 3.05) is 5.32 Å². The molecule has 0 radical (unpaired) electrons. The largest absolute Gasteiger partial charge is 0.374 e. The van der Waals surface area contributed by atoms with Gasteiger partial charge in [-0.2, -0.15) is 0 Å². The van der Waals surface area contributed by atoms with Crippen LogP contribution in [-0.2, 0) is 0 Å². The summed E-state index contributed by atoms with van der Waals surface area (Å²) in [7, 11) is 0. The smallest absolute Gasteiger partial charge is 0.185 e. The van der Waals surface area contributed by atoms with Gasteiger partial charge in [0.15, 0.2) is 23.3 Å². The molecule has 2 aromatic carbocycles. The Morgan fingerprint density at radius 1 is 0.905 bits per heavy atom. The Morgan fingerprint density at radius 3 is 2.05 bits per heavy atom. The van der Waals surface area contributed by atoms with Crippen LogP contribution < -0.4 is 5.32 Å². The molecule has 2 aromatic rings. The van der Waals surface area contributed by atoms with Gasteiger partial charge in [-0.25, -0.2) is 17.6 Å². The first-order valence-electron chi connectivity index (χ1n) is 6.48. The van der Waals surface area contributed by atoms with Crippen molar-refractivity contribution in [1.82, 2.24) is 0 Å². The van der Waals surface area contributed by atoms with E-state index in [0.29, 0.717) is 0 Å². The van der Waals surface area contributed by atoms with E-state index in [1.54, 1.807) is 6.92 Å². The normalized spacial score (nSPS) is 12.3. The molecule has 5 heteroatoms. The van der Waals surface area contributed by atoms with Crippen LogP contribution >= 0.6 is 0 Å². The summed E-state index contributed by atoms with van der Waals surface area (Å²) >= 11 is 0. The van der Waals surface area contributed by atoms with E-state index >= 15 is 0 Å². The molecular formula is C16H15F4N. The van der Waals surface area contributed by atoms with E-state index in [0.717, 1.165) is 16.7 Å². The standard InChI is InChI=1S/C16H15F4N/c1-8-4-5-9(2)11(6-8)10(3)21-16-14(19)12(17)7-13(18)15(16)20/h4-7,10,21H,1-3H3. The summed E-state index contributed by atoms with van der Waals surface area (Å²) in [5.74, 6) is -5.70. The number of hydrogen-bond donors (Lipinski definition) is 1. The second kappa shape index (κ2) is 5.76. The summed E-state index contributed by atoms with van der Waals surface area (Å²) < 4.78 is 53.7. The van der Waals surface area contributed by atoms with Gasteiger partial charge >= 0.3 is 0 Å². The van der Waals surface area contributed by atoms with Crippen molar-refractivity contribution < 1.29 is 17.6 Å². The van der Waals surface area contributed by atoms with Crippen molar-refractivity contribution in [3.8, 4) is 0 Å². The lowest BCUT2D eigenvalue weighted by molar-refractivity contribution is 0.457. The zero-order valence-electron chi connectivity index (χ0n) is 11.9. The third-order valence-electron chi connectivity index (χ3n) is 3.37. The Hall–Kier alpha value is -2.04. The lowest BCUT2D eigenvalue weighted by Crippen LogP contribution is -2.13. The Labute approximate surface area is 120 Å². The lowest BCUT2D eigenvalue weighted by atomic mass is 9.99. The molecule has 1 unspecified atom stereocenters. The molecule has 0 aliphatic rings. The fourth-order valence-corrected chi connectivity index (χ4v) is 2.22. The Bertz CT molecular complexity index is 656. The Balaban J connectivity index is 2.40. The van der Waals surface area contributed by atoms with Gasteiger partial charge in [0, 0.05) is 12.1 Å². The van der Waals surface area contributed by atoms with Crippen molar-refractivity contribution in [2.24, 2.45) is 0 Å². The fraction of sp³-hybridized carbons (Fsp3) is 0.250. The molecule has 0 spiro atoms. The van der Waals surface area contributed by atoms with E-state index < -0.39 is 35.0 Å². The van der Waals surface area contributed by atoms with E-state index in [2.05, 4.69) is 5.32 Å². The van der Waals surface area contributed by atoms with Crippen LogP contribution in [-0.4, -0.2) is 0 Å². The third kappa shape index (κ3) is 3.01. The molecule has 0 aliphatic carbocycles. The molecule has 0 bridgehead atoms. The molecule has 1 N–H and O–H groups in total. The second-order valence-corrected chi connectivity index (χ2v) is 5.07. The van der Waals surface area contributed by atoms with Gasteiger partial charge in [-0.05, 0) is 31.9 Å². The van der Waals surface area contributed by atoms with Gasteiger partial charge in [0.2, 0.25) is 0 Å². The van der Waals surface area contributed by atoms with Gasteiger partial charge in [-0.1, -0.05) is 23.8 Å². The summed E-state index contributed by atoms with van der Waals surface area (Å²) in [5, 5.41) is 2.51. The number of rotatable bonds is 3. The topological polar surface area (TPSA) is 12.0 Å². The number of halogens is 4. The molecule has 112 valence electrons. The van der Waals surface area contributed by atoms with Crippen LogP contribution in [0.1, 0.15) is 29.7 Å². The molecule has 0 saturated heterocycles. The first kappa shape index (κ1) is 15.4. The summed E-state index contributed by atoms with van der Waals surface area (Å²) in [6, 6.07) is 5.34. The van der Waals surface area contributed by atoms with Crippen molar-refractivity contribution in [1.29, 1.82) is 0 Å². The van der Waals surface area contributed by atoms with Gasteiger partial charge in [0.05, 0.1) is 0 Å². The average Bonchev–Trinajstić information content (AvgIpc) is 2.43. The van der Waals surface area contributed by atoms with Gasteiger partial charge in [0.25, 0.3) is 0 Å². The third-order valence-corrected chi connectivity index (χ3v) is 3.37. The maximum absolute atomic E-state index is 13.7.